The fourth-order valence-corrected chi connectivity index (χ4v) is 2.74. The van der Waals surface area contributed by atoms with E-state index in [1.807, 2.05) is 12.1 Å². The van der Waals surface area contributed by atoms with Crippen molar-refractivity contribution in [2.45, 2.75) is 31.3 Å². The number of aliphatic imine (C=N–C) groups is 1. The highest BCUT2D eigenvalue weighted by molar-refractivity contribution is 5.96. The van der Waals surface area contributed by atoms with Crippen molar-refractivity contribution in [3.8, 4) is 0 Å². The number of para-hydroxylation sites is 1. The minimum absolute atomic E-state index is 0.000660. The Labute approximate surface area is 150 Å². The third-order valence-electron chi connectivity index (χ3n) is 4.07. The molecule has 0 aliphatic heterocycles. The summed E-state index contributed by atoms with van der Waals surface area (Å²) >= 11 is 0. The van der Waals surface area contributed by atoms with Crippen molar-refractivity contribution >= 4 is 28.7 Å². The average molecular weight is 360 g/mol. The molecule has 2 rings (SSSR count). The van der Waals surface area contributed by atoms with E-state index < -0.39 is 18.1 Å². The first-order chi connectivity index (χ1) is 12.3. The first kappa shape index (κ1) is 19.4. The molecule has 0 spiro atoms. The Morgan fingerprint density at radius 1 is 1.15 bits per heavy atom. The van der Waals surface area contributed by atoms with E-state index in [1.165, 1.54) is 4.57 Å². The van der Waals surface area contributed by atoms with Crippen LogP contribution in [-0.4, -0.2) is 46.1 Å². The maximum Gasteiger partial charge on any atom is 0.320 e. The summed E-state index contributed by atoms with van der Waals surface area (Å²) in [5.41, 5.74) is 23.5. The molecule has 9 nitrogen and oxygen atoms in total. The molecule has 1 aromatic carbocycles. The van der Waals surface area contributed by atoms with Crippen molar-refractivity contribution in [1.29, 1.82) is 0 Å². The fourth-order valence-electron chi connectivity index (χ4n) is 2.74. The summed E-state index contributed by atoms with van der Waals surface area (Å²) in [6, 6.07) is 5.47. The SMILES string of the molecule is NC(N)=NCCC[C@H](N)C(=O)n1cc(C[C@H](N)C(=O)O)c2ccccc21. The van der Waals surface area contributed by atoms with Gasteiger partial charge in [-0.3, -0.25) is 19.1 Å². The molecule has 0 radical (unpaired) electrons. The van der Waals surface area contributed by atoms with Gasteiger partial charge in [-0.2, -0.15) is 0 Å². The van der Waals surface area contributed by atoms with E-state index in [4.69, 9.17) is 28.0 Å². The molecule has 0 saturated heterocycles. The Balaban J connectivity index is 2.21. The molecule has 0 unspecified atom stereocenters. The van der Waals surface area contributed by atoms with Gasteiger partial charge in [-0.25, -0.2) is 0 Å². The summed E-state index contributed by atoms with van der Waals surface area (Å²) in [5.74, 6) is -1.37. The van der Waals surface area contributed by atoms with Crippen LogP contribution >= 0.6 is 0 Å². The third kappa shape index (κ3) is 4.58. The number of aliphatic carboxylic acids is 1. The van der Waals surface area contributed by atoms with Gasteiger partial charge in [-0.05, 0) is 24.5 Å². The van der Waals surface area contributed by atoms with Crippen LogP contribution in [0.3, 0.4) is 0 Å². The van der Waals surface area contributed by atoms with Crippen LogP contribution in [0.4, 0.5) is 0 Å². The Bertz CT molecular complexity index is 825. The van der Waals surface area contributed by atoms with Crippen LogP contribution in [-0.2, 0) is 11.2 Å². The van der Waals surface area contributed by atoms with Crippen molar-refractivity contribution in [2.75, 3.05) is 6.54 Å². The van der Waals surface area contributed by atoms with Crippen molar-refractivity contribution in [3.63, 3.8) is 0 Å². The van der Waals surface area contributed by atoms with Crippen LogP contribution in [0.25, 0.3) is 10.9 Å². The summed E-state index contributed by atoms with van der Waals surface area (Å²) < 4.78 is 1.46. The third-order valence-corrected chi connectivity index (χ3v) is 4.07. The molecular weight excluding hydrogens is 336 g/mol. The normalized spacial score (nSPS) is 13.3. The Morgan fingerprint density at radius 2 is 1.85 bits per heavy atom. The number of rotatable bonds is 8. The molecular formula is C17H24N6O3. The van der Waals surface area contributed by atoms with Gasteiger partial charge < -0.3 is 28.0 Å². The largest absolute Gasteiger partial charge is 0.480 e. The van der Waals surface area contributed by atoms with E-state index in [9.17, 15) is 9.59 Å². The number of fused-ring (bicyclic) bond motifs is 1. The fraction of sp³-hybridized carbons (Fsp3) is 0.353. The van der Waals surface area contributed by atoms with Gasteiger partial charge >= 0.3 is 5.97 Å². The molecule has 1 heterocycles. The standard InChI is InChI=1S/C17H24N6O3/c18-12(5-3-7-22-17(20)21)15(24)23-9-10(8-13(19)16(25)26)11-4-1-2-6-14(11)23/h1-2,4,6,9,12-13H,3,5,7-8,18-19H2,(H,25,26)(H4,20,21,22)/t12-,13-/m0/s1. The number of carbonyl (C=O) groups is 2. The average Bonchev–Trinajstić information content (AvgIpc) is 2.96. The van der Waals surface area contributed by atoms with Crippen LogP contribution < -0.4 is 22.9 Å². The molecule has 0 aliphatic rings. The Kier molecular flexibility index (Phi) is 6.31. The van der Waals surface area contributed by atoms with Crippen molar-refractivity contribution < 1.29 is 14.7 Å². The number of carboxylic acids is 1. The molecule has 0 bridgehead atoms. The van der Waals surface area contributed by atoms with Gasteiger partial charge in [0, 0.05) is 24.5 Å². The summed E-state index contributed by atoms with van der Waals surface area (Å²) in [7, 11) is 0. The number of carbonyl (C=O) groups excluding carboxylic acids is 1. The number of hydrogen-bond donors (Lipinski definition) is 5. The monoisotopic (exact) mass is 360 g/mol. The smallest absolute Gasteiger partial charge is 0.320 e. The Morgan fingerprint density at radius 3 is 2.50 bits per heavy atom. The number of carboxylic acid groups (broad SMARTS) is 1. The highest BCUT2D eigenvalue weighted by atomic mass is 16.4. The molecule has 9 heteroatoms. The van der Waals surface area contributed by atoms with E-state index in [1.54, 1.807) is 18.3 Å². The first-order valence-corrected chi connectivity index (χ1v) is 8.23. The number of guanidine groups is 1. The van der Waals surface area contributed by atoms with Crippen LogP contribution in [0.5, 0.6) is 0 Å². The minimum Gasteiger partial charge on any atom is -0.480 e. The van der Waals surface area contributed by atoms with Gasteiger partial charge in [0.05, 0.1) is 11.6 Å². The van der Waals surface area contributed by atoms with Gasteiger partial charge in [0.1, 0.15) is 6.04 Å². The molecule has 0 fully saturated rings. The molecule has 26 heavy (non-hydrogen) atoms. The second-order valence-electron chi connectivity index (χ2n) is 6.08. The van der Waals surface area contributed by atoms with Crippen molar-refractivity contribution in [3.05, 3.63) is 36.0 Å². The van der Waals surface area contributed by atoms with Gasteiger partial charge in [-0.15, -0.1) is 0 Å². The van der Waals surface area contributed by atoms with Crippen molar-refractivity contribution in [1.82, 2.24) is 4.57 Å². The number of hydrogen-bond acceptors (Lipinski definition) is 5. The lowest BCUT2D eigenvalue weighted by Crippen LogP contribution is -2.34. The van der Waals surface area contributed by atoms with E-state index in [-0.39, 0.29) is 18.3 Å². The van der Waals surface area contributed by atoms with Crippen LogP contribution in [0, 0.1) is 0 Å². The number of nitrogens with two attached hydrogens (primary N) is 4. The second kappa shape index (κ2) is 8.45. The van der Waals surface area contributed by atoms with Crippen molar-refractivity contribution in [2.24, 2.45) is 27.9 Å². The lowest BCUT2D eigenvalue weighted by molar-refractivity contribution is -0.138. The predicted octanol–water partition coefficient (Wildman–Crippen LogP) is -0.383. The van der Waals surface area contributed by atoms with E-state index in [0.29, 0.717) is 30.5 Å². The zero-order valence-corrected chi connectivity index (χ0v) is 14.3. The maximum absolute atomic E-state index is 12.7. The van der Waals surface area contributed by atoms with Crippen LogP contribution in [0.15, 0.2) is 35.5 Å². The van der Waals surface area contributed by atoms with Crippen LogP contribution in [0.1, 0.15) is 23.2 Å². The maximum atomic E-state index is 12.7. The quantitative estimate of drug-likeness (QED) is 0.242. The second-order valence-corrected chi connectivity index (χ2v) is 6.08. The molecule has 0 saturated carbocycles. The lowest BCUT2D eigenvalue weighted by atomic mass is 10.1. The topological polar surface area (TPSA) is 176 Å². The zero-order valence-electron chi connectivity index (χ0n) is 14.3. The van der Waals surface area contributed by atoms with E-state index >= 15 is 0 Å². The molecule has 9 N–H and O–H groups in total. The van der Waals surface area contributed by atoms with Gasteiger partial charge in [0.15, 0.2) is 5.96 Å². The summed E-state index contributed by atoms with van der Waals surface area (Å²) in [6.07, 6.45) is 2.73. The minimum atomic E-state index is -1.09. The summed E-state index contributed by atoms with van der Waals surface area (Å²) in [5, 5.41) is 9.81. The number of nitrogens with zero attached hydrogens (tertiary/aromatic N) is 2. The first-order valence-electron chi connectivity index (χ1n) is 8.23. The lowest BCUT2D eigenvalue weighted by Gasteiger charge is -2.11. The molecule has 0 amide bonds. The van der Waals surface area contributed by atoms with Crippen LogP contribution in [0.2, 0.25) is 0 Å². The highest BCUT2D eigenvalue weighted by Crippen LogP contribution is 2.23. The predicted molar refractivity (Wildman–Crippen MR) is 99.8 cm³/mol. The summed E-state index contributed by atoms with van der Waals surface area (Å²) in [6.45, 7) is 0.397. The van der Waals surface area contributed by atoms with E-state index in [2.05, 4.69) is 4.99 Å². The Hall–Kier alpha value is -2.91. The molecule has 2 atom stereocenters. The molecule has 140 valence electrons. The van der Waals surface area contributed by atoms with Gasteiger partial charge in [-0.1, -0.05) is 18.2 Å². The zero-order chi connectivity index (χ0) is 19.3. The molecule has 1 aromatic heterocycles. The molecule has 2 aromatic rings. The highest BCUT2D eigenvalue weighted by Gasteiger charge is 2.21. The van der Waals surface area contributed by atoms with E-state index in [0.717, 1.165) is 5.39 Å². The molecule has 0 aliphatic carbocycles. The van der Waals surface area contributed by atoms with Gasteiger partial charge in [0.25, 0.3) is 0 Å². The summed E-state index contributed by atoms with van der Waals surface area (Å²) in [4.78, 5) is 27.6. The number of benzene rings is 1. The number of aromatic nitrogens is 1. The van der Waals surface area contributed by atoms with Gasteiger partial charge in [0.2, 0.25) is 5.91 Å².